The molecule has 136 valence electrons. The molecule has 24 heavy (non-hydrogen) atoms. The number of quaternary nitrogens is 1. The largest absolute Gasteiger partial charge is 0.493 e. The Morgan fingerprint density at radius 2 is 2.08 bits per heavy atom. The van der Waals surface area contributed by atoms with Crippen LogP contribution >= 0.6 is 0 Å². The van der Waals surface area contributed by atoms with E-state index < -0.39 is 0 Å². The maximum absolute atomic E-state index is 12.0. The zero-order valence-electron chi connectivity index (χ0n) is 15.4. The number of aliphatic hydroxyl groups excluding tert-OH is 1. The fraction of sp³-hybridized carbons (Fsp3) is 0.611. The van der Waals surface area contributed by atoms with Gasteiger partial charge in [-0.1, -0.05) is 13.0 Å². The molecule has 1 aromatic rings. The Labute approximate surface area is 144 Å². The van der Waals surface area contributed by atoms with E-state index in [9.17, 15) is 9.90 Å². The molecule has 0 saturated carbocycles. The molecule has 0 saturated heterocycles. The quantitative estimate of drug-likeness (QED) is 0.622. The lowest BCUT2D eigenvalue weighted by Gasteiger charge is -2.21. The first kappa shape index (κ1) is 20.3. The average molecular weight is 339 g/mol. The summed E-state index contributed by atoms with van der Waals surface area (Å²) in [5.41, 5.74) is 0.637. The number of hydrogen-bond donors (Lipinski definition) is 3. The lowest BCUT2D eigenvalue weighted by Crippen LogP contribution is -2.89. The lowest BCUT2D eigenvalue weighted by molar-refractivity contribution is -0.706. The van der Waals surface area contributed by atoms with Crippen LogP contribution in [0.4, 0.5) is 0 Å². The maximum Gasteiger partial charge on any atom is 0.258 e. The van der Waals surface area contributed by atoms with Crippen LogP contribution in [0, 0.1) is 0 Å². The van der Waals surface area contributed by atoms with E-state index in [-0.39, 0.29) is 30.7 Å². The zero-order chi connectivity index (χ0) is 18.2. The normalized spacial score (nSPS) is 12.6. The summed E-state index contributed by atoms with van der Waals surface area (Å²) >= 11 is 0. The molecule has 0 radical (unpaired) electrons. The molecule has 0 spiro atoms. The minimum absolute atomic E-state index is 0.0676. The van der Waals surface area contributed by atoms with Crippen LogP contribution < -0.4 is 20.1 Å². The van der Waals surface area contributed by atoms with Gasteiger partial charge in [0.2, 0.25) is 0 Å². The lowest BCUT2D eigenvalue weighted by atomic mass is 10.1. The van der Waals surface area contributed by atoms with Gasteiger partial charge in [0.15, 0.2) is 18.1 Å². The first-order chi connectivity index (χ1) is 11.3. The summed E-state index contributed by atoms with van der Waals surface area (Å²) in [7, 11) is 1.58. The van der Waals surface area contributed by atoms with Crippen molar-refractivity contribution in [1.29, 1.82) is 0 Å². The number of methoxy groups -OCH3 is 1. The number of nitrogens with one attached hydrogen (secondary N) is 1. The third kappa shape index (κ3) is 6.76. The van der Waals surface area contributed by atoms with E-state index in [1.807, 2.05) is 45.9 Å². The van der Waals surface area contributed by atoms with Crippen LogP contribution in [0.5, 0.6) is 11.5 Å². The Morgan fingerprint density at radius 3 is 2.62 bits per heavy atom. The van der Waals surface area contributed by atoms with Gasteiger partial charge in [0.05, 0.1) is 19.3 Å². The van der Waals surface area contributed by atoms with Crippen molar-refractivity contribution in [3.8, 4) is 11.5 Å². The van der Waals surface area contributed by atoms with Crippen LogP contribution in [0.2, 0.25) is 0 Å². The van der Waals surface area contributed by atoms with Crippen molar-refractivity contribution in [2.45, 2.75) is 52.2 Å². The van der Waals surface area contributed by atoms with Crippen molar-refractivity contribution in [3.05, 3.63) is 23.8 Å². The van der Waals surface area contributed by atoms with Crippen molar-refractivity contribution in [2.24, 2.45) is 0 Å². The number of nitrogens with two attached hydrogens (primary N) is 1. The van der Waals surface area contributed by atoms with Gasteiger partial charge in [-0.15, -0.1) is 0 Å². The molecule has 1 amide bonds. The van der Waals surface area contributed by atoms with Crippen molar-refractivity contribution in [3.63, 3.8) is 0 Å². The number of amides is 1. The molecule has 1 atom stereocenters. The summed E-state index contributed by atoms with van der Waals surface area (Å²) < 4.78 is 11.1. The highest BCUT2D eigenvalue weighted by atomic mass is 16.5. The van der Waals surface area contributed by atoms with Crippen LogP contribution in [0.15, 0.2) is 18.2 Å². The average Bonchev–Trinajstić information content (AvgIpc) is 2.52. The molecule has 0 bridgehead atoms. The van der Waals surface area contributed by atoms with Crippen molar-refractivity contribution >= 4 is 5.91 Å². The topological polar surface area (TPSA) is 84.4 Å². The van der Waals surface area contributed by atoms with E-state index in [0.29, 0.717) is 18.0 Å². The van der Waals surface area contributed by atoms with Gasteiger partial charge in [-0.05, 0) is 39.3 Å². The second kappa shape index (κ2) is 9.49. The molecular formula is C18H31N2O4+. The number of carbonyl (C=O) groups is 1. The molecule has 6 nitrogen and oxygen atoms in total. The molecule has 1 aromatic carbocycles. The van der Waals surface area contributed by atoms with Crippen molar-refractivity contribution in [2.75, 3.05) is 20.3 Å². The van der Waals surface area contributed by atoms with Gasteiger partial charge in [0, 0.05) is 5.54 Å². The second-order valence-corrected chi connectivity index (χ2v) is 6.83. The van der Waals surface area contributed by atoms with Crippen LogP contribution in [0.25, 0.3) is 0 Å². The molecule has 0 aromatic heterocycles. The Hall–Kier alpha value is -1.79. The monoisotopic (exact) mass is 339 g/mol. The number of aliphatic hydroxyl groups is 1. The predicted molar refractivity (Wildman–Crippen MR) is 93.2 cm³/mol. The summed E-state index contributed by atoms with van der Waals surface area (Å²) in [4.78, 5) is 12.0. The number of carbonyl (C=O) groups excluding carboxylic acids is 1. The molecule has 0 heterocycles. The number of hydrogen-bond acceptors (Lipinski definition) is 4. The fourth-order valence-electron chi connectivity index (χ4n) is 2.30. The van der Waals surface area contributed by atoms with Crippen LogP contribution in [-0.2, 0) is 11.3 Å². The Bertz CT molecular complexity index is 522. The molecule has 0 aliphatic carbocycles. The van der Waals surface area contributed by atoms with Gasteiger partial charge in [-0.25, -0.2) is 0 Å². The molecule has 0 aliphatic rings. The molecule has 0 aliphatic heterocycles. The molecule has 0 fully saturated rings. The minimum atomic E-state index is -0.298. The third-order valence-electron chi connectivity index (χ3n) is 3.57. The van der Waals surface area contributed by atoms with E-state index in [1.165, 1.54) is 0 Å². The summed E-state index contributed by atoms with van der Waals surface area (Å²) in [5, 5.41) is 14.3. The first-order valence-electron chi connectivity index (χ1n) is 8.34. The summed E-state index contributed by atoms with van der Waals surface area (Å²) in [5.74, 6) is 1.000. The summed E-state index contributed by atoms with van der Waals surface area (Å²) in [6.45, 7) is 8.52. The van der Waals surface area contributed by atoms with Crippen molar-refractivity contribution < 1.29 is 24.7 Å². The number of benzene rings is 1. The number of ether oxygens (including phenoxy) is 2. The zero-order valence-corrected chi connectivity index (χ0v) is 15.4. The van der Waals surface area contributed by atoms with E-state index in [4.69, 9.17) is 9.47 Å². The van der Waals surface area contributed by atoms with Gasteiger partial charge < -0.3 is 25.2 Å². The predicted octanol–water partition coefficient (Wildman–Crippen LogP) is 0.823. The van der Waals surface area contributed by atoms with E-state index >= 15 is 0 Å². The van der Waals surface area contributed by atoms with E-state index in [1.54, 1.807) is 7.11 Å². The maximum atomic E-state index is 12.0. The van der Waals surface area contributed by atoms with Gasteiger partial charge >= 0.3 is 0 Å². The van der Waals surface area contributed by atoms with Crippen LogP contribution in [-0.4, -0.2) is 42.9 Å². The minimum Gasteiger partial charge on any atom is -0.493 e. The molecule has 4 N–H and O–H groups in total. The Morgan fingerprint density at radius 1 is 1.38 bits per heavy atom. The highest BCUT2D eigenvalue weighted by Crippen LogP contribution is 2.30. The van der Waals surface area contributed by atoms with Gasteiger partial charge in [-0.3, -0.25) is 4.79 Å². The highest BCUT2D eigenvalue weighted by Gasteiger charge is 2.18. The van der Waals surface area contributed by atoms with E-state index in [2.05, 4.69) is 10.6 Å². The fourth-order valence-corrected chi connectivity index (χ4v) is 2.30. The summed E-state index contributed by atoms with van der Waals surface area (Å²) in [6.07, 6.45) is 0.880. The van der Waals surface area contributed by atoms with Gasteiger partial charge in [0.25, 0.3) is 5.91 Å². The number of para-hydroxylation sites is 1. The van der Waals surface area contributed by atoms with Gasteiger partial charge in [0.1, 0.15) is 12.6 Å². The molecule has 0 unspecified atom stereocenters. The van der Waals surface area contributed by atoms with Crippen molar-refractivity contribution in [1.82, 2.24) is 5.32 Å². The number of rotatable bonds is 9. The standard InChI is InChI=1S/C18H30N2O4/c1-6-14(11-21)19-10-13-8-7-9-15(23-5)17(13)24-12-16(22)20-18(2,3)4/h7-9,14,19,21H,6,10-12H2,1-5H3,(H,20,22)/p+1/t14-/m1/s1. The SMILES string of the molecule is CC[C@H](CO)[NH2+]Cc1cccc(OC)c1OCC(=O)NC(C)(C)C. The van der Waals surface area contributed by atoms with Crippen LogP contribution in [0.3, 0.4) is 0 Å². The molecule has 1 rings (SSSR count). The Balaban J connectivity index is 2.81. The first-order valence-corrected chi connectivity index (χ1v) is 8.34. The highest BCUT2D eigenvalue weighted by molar-refractivity contribution is 5.78. The second-order valence-electron chi connectivity index (χ2n) is 6.83. The van der Waals surface area contributed by atoms with E-state index in [0.717, 1.165) is 12.0 Å². The Kier molecular flexibility index (Phi) is 8.01. The summed E-state index contributed by atoms with van der Waals surface area (Å²) in [6, 6.07) is 5.79. The van der Waals surface area contributed by atoms with Crippen LogP contribution in [0.1, 0.15) is 39.7 Å². The smallest absolute Gasteiger partial charge is 0.258 e. The molecule has 6 heteroatoms. The molecular weight excluding hydrogens is 308 g/mol. The third-order valence-corrected chi connectivity index (χ3v) is 3.57. The van der Waals surface area contributed by atoms with Gasteiger partial charge in [-0.2, -0.15) is 0 Å².